The summed E-state index contributed by atoms with van der Waals surface area (Å²) in [6.45, 7) is 0.840. The third-order valence-corrected chi connectivity index (χ3v) is 2.36. The van der Waals surface area contributed by atoms with Gasteiger partial charge in [0, 0.05) is 29.2 Å². The molecule has 3 heteroatoms. The van der Waals surface area contributed by atoms with Crippen LogP contribution in [-0.2, 0) is 6.54 Å². The minimum atomic E-state index is 0.840. The van der Waals surface area contributed by atoms with Crippen LogP contribution >= 0.6 is 0 Å². The van der Waals surface area contributed by atoms with E-state index in [4.69, 9.17) is 0 Å². The van der Waals surface area contributed by atoms with Crippen LogP contribution in [0.1, 0.15) is 5.69 Å². The normalized spacial score (nSPS) is 12.9. The molecular formula is C10H9N3. The van der Waals surface area contributed by atoms with Crippen molar-refractivity contribution in [2.75, 3.05) is 5.32 Å². The van der Waals surface area contributed by atoms with Crippen molar-refractivity contribution in [2.24, 2.45) is 0 Å². The van der Waals surface area contributed by atoms with Gasteiger partial charge in [-0.05, 0) is 18.2 Å². The van der Waals surface area contributed by atoms with Gasteiger partial charge in [0.05, 0.1) is 6.54 Å². The largest absolute Gasteiger partial charge is 0.364 e. The molecule has 2 N–H and O–H groups in total. The summed E-state index contributed by atoms with van der Waals surface area (Å²) in [5, 5.41) is 3.26. The van der Waals surface area contributed by atoms with E-state index in [1.165, 1.54) is 16.8 Å². The molecule has 0 spiro atoms. The monoisotopic (exact) mass is 171 g/mol. The van der Waals surface area contributed by atoms with Gasteiger partial charge in [-0.3, -0.25) is 0 Å². The Bertz CT molecular complexity index is 445. The molecule has 0 unspecified atom stereocenters. The van der Waals surface area contributed by atoms with Gasteiger partial charge in [-0.1, -0.05) is 0 Å². The predicted molar refractivity (Wildman–Crippen MR) is 51.4 cm³/mol. The summed E-state index contributed by atoms with van der Waals surface area (Å²) >= 11 is 0. The standard InChI is InChI=1S/C10H9N3/c1-2-8-7-3-5-11-9(7)6-13-10(8)12-4-1/h1-5,11H,6H2,(H,12,13). The van der Waals surface area contributed by atoms with Gasteiger partial charge in [-0.2, -0.15) is 0 Å². The lowest BCUT2D eigenvalue weighted by Crippen LogP contribution is -2.08. The molecule has 0 atom stereocenters. The van der Waals surface area contributed by atoms with Crippen molar-refractivity contribution >= 4 is 5.82 Å². The summed E-state index contributed by atoms with van der Waals surface area (Å²) in [5.74, 6) is 0.981. The van der Waals surface area contributed by atoms with Crippen LogP contribution in [0.5, 0.6) is 0 Å². The molecule has 0 bridgehead atoms. The van der Waals surface area contributed by atoms with Crippen molar-refractivity contribution in [1.29, 1.82) is 0 Å². The van der Waals surface area contributed by atoms with Crippen molar-refractivity contribution in [3.63, 3.8) is 0 Å². The van der Waals surface area contributed by atoms with Crippen molar-refractivity contribution < 1.29 is 0 Å². The number of pyridine rings is 1. The van der Waals surface area contributed by atoms with Crippen LogP contribution in [-0.4, -0.2) is 9.97 Å². The van der Waals surface area contributed by atoms with E-state index in [9.17, 15) is 0 Å². The maximum Gasteiger partial charge on any atom is 0.134 e. The van der Waals surface area contributed by atoms with E-state index in [0.717, 1.165) is 12.4 Å². The topological polar surface area (TPSA) is 40.7 Å². The molecule has 0 fully saturated rings. The van der Waals surface area contributed by atoms with Crippen LogP contribution in [0.15, 0.2) is 30.6 Å². The Balaban J connectivity index is 2.30. The van der Waals surface area contributed by atoms with Gasteiger partial charge in [0.15, 0.2) is 0 Å². The number of hydrogen-bond acceptors (Lipinski definition) is 2. The molecule has 64 valence electrons. The summed E-state index contributed by atoms with van der Waals surface area (Å²) < 4.78 is 0. The maximum atomic E-state index is 4.27. The third-order valence-electron chi connectivity index (χ3n) is 2.36. The molecule has 2 aromatic rings. The zero-order valence-corrected chi connectivity index (χ0v) is 7.04. The first-order valence-corrected chi connectivity index (χ1v) is 4.30. The Morgan fingerprint density at radius 3 is 3.23 bits per heavy atom. The Hall–Kier alpha value is -1.77. The second-order valence-electron chi connectivity index (χ2n) is 3.12. The highest BCUT2D eigenvalue weighted by Gasteiger charge is 2.15. The number of hydrogen-bond donors (Lipinski definition) is 2. The number of H-pyrrole nitrogens is 1. The van der Waals surface area contributed by atoms with Crippen LogP contribution in [0.3, 0.4) is 0 Å². The SMILES string of the molecule is c1cnc2c(c1)-c1cc[nH]c1CN2. The lowest BCUT2D eigenvalue weighted by molar-refractivity contribution is 1.04. The van der Waals surface area contributed by atoms with Gasteiger partial charge in [-0.25, -0.2) is 4.98 Å². The molecule has 1 aliphatic rings. The first-order valence-electron chi connectivity index (χ1n) is 4.30. The second kappa shape index (κ2) is 2.36. The highest BCUT2D eigenvalue weighted by molar-refractivity contribution is 5.79. The fraction of sp³-hybridized carbons (Fsp3) is 0.100. The van der Waals surface area contributed by atoms with E-state index < -0.39 is 0 Å². The van der Waals surface area contributed by atoms with Crippen LogP contribution in [0.4, 0.5) is 5.82 Å². The van der Waals surface area contributed by atoms with Crippen molar-refractivity contribution in [2.45, 2.75) is 6.54 Å². The molecule has 1 aliphatic heterocycles. The maximum absolute atomic E-state index is 4.27. The summed E-state index contributed by atoms with van der Waals surface area (Å²) in [5.41, 5.74) is 3.69. The minimum Gasteiger partial charge on any atom is -0.364 e. The molecule has 0 radical (unpaired) electrons. The van der Waals surface area contributed by atoms with Gasteiger partial charge in [0.2, 0.25) is 0 Å². The number of fused-ring (bicyclic) bond motifs is 3. The Labute approximate surface area is 75.8 Å². The number of rotatable bonds is 0. The van der Waals surface area contributed by atoms with Gasteiger partial charge in [-0.15, -0.1) is 0 Å². The van der Waals surface area contributed by atoms with E-state index in [1.807, 2.05) is 18.5 Å². The molecule has 0 saturated carbocycles. The summed E-state index contributed by atoms with van der Waals surface area (Å²) in [6, 6.07) is 6.14. The fourth-order valence-electron chi connectivity index (χ4n) is 1.74. The van der Waals surface area contributed by atoms with Gasteiger partial charge >= 0.3 is 0 Å². The van der Waals surface area contributed by atoms with Crippen LogP contribution in [0, 0.1) is 0 Å². The molecule has 3 rings (SSSR count). The highest BCUT2D eigenvalue weighted by Crippen LogP contribution is 2.32. The van der Waals surface area contributed by atoms with Gasteiger partial charge < -0.3 is 10.3 Å². The number of anilines is 1. The number of aromatic nitrogens is 2. The molecule has 0 saturated heterocycles. The first-order chi connectivity index (χ1) is 6.45. The molecule has 0 amide bonds. The van der Waals surface area contributed by atoms with Crippen LogP contribution in [0.2, 0.25) is 0 Å². The van der Waals surface area contributed by atoms with E-state index in [-0.39, 0.29) is 0 Å². The molecule has 13 heavy (non-hydrogen) atoms. The Kier molecular flexibility index (Phi) is 1.22. The molecule has 2 aromatic heterocycles. The fourth-order valence-corrected chi connectivity index (χ4v) is 1.74. The smallest absolute Gasteiger partial charge is 0.134 e. The second-order valence-corrected chi connectivity index (χ2v) is 3.12. The predicted octanol–water partition coefficient (Wildman–Crippen LogP) is 2.00. The van der Waals surface area contributed by atoms with E-state index in [1.54, 1.807) is 0 Å². The van der Waals surface area contributed by atoms with Crippen molar-refractivity contribution in [3.8, 4) is 11.1 Å². The minimum absolute atomic E-state index is 0.840. The van der Waals surface area contributed by atoms with Crippen molar-refractivity contribution in [1.82, 2.24) is 9.97 Å². The Morgan fingerprint density at radius 2 is 2.23 bits per heavy atom. The average Bonchev–Trinajstić information content (AvgIpc) is 2.65. The molecule has 0 aromatic carbocycles. The van der Waals surface area contributed by atoms with Crippen LogP contribution in [0.25, 0.3) is 11.1 Å². The quantitative estimate of drug-likeness (QED) is 0.636. The van der Waals surface area contributed by atoms with Crippen LogP contribution < -0.4 is 5.32 Å². The molecule has 0 aliphatic carbocycles. The van der Waals surface area contributed by atoms with Gasteiger partial charge in [0.1, 0.15) is 5.82 Å². The summed E-state index contributed by atoms with van der Waals surface area (Å²) in [6.07, 6.45) is 3.78. The van der Waals surface area contributed by atoms with E-state index in [2.05, 4.69) is 27.4 Å². The summed E-state index contributed by atoms with van der Waals surface area (Å²) in [7, 11) is 0. The molecular weight excluding hydrogens is 162 g/mol. The lowest BCUT2D eigenvalue weighted by atomic mass is 10.0. The first kappa shape index (κ1) is 6.71. The van der Waals surface area contributed by atoms with Crippen molar-refractivity contribution in [3.05, 3.63) is 36.3 Å². The number of nitrogens with zero attached hydrogens (tertiary/aromatic N) is 1. The molecule has 3 nitrogen and oxygen atoms in total. The van der Waals surface area contributed by atoms with E-state index >= 15 is 0 Å². The Morgan fingerprint density at radius 1 is 1.23 bits per heavy atom. The lowest BCUT2D eigenvalue weighted by Gasteiger charge is -2.16. The average molecular weight is 171 g/mol. The third kappa shape index (κ3) is 0.869. The number of nitrogens with one attached hydrogen (secondary N) is 2. The van der Waals surface area contributed by atoms with E-state index in [0.29, 0.717) is 0 Å². The highest BCUT2D eigenvalue weighted by atomic mass is 15.0. The zero-order chi connectivity index (χ0) is 8.67. The zero-order valence-electron chi connectivity index (χ0n) is 7.04. The molecule has 3 heterocycles. The summed E-state index contributed by atoms with van der Waals surface area (Å²) in [4.78, 5) is 7.48. The van der Waals surface area contributed by atoms with Gasteiger partial charge in [0.25, 0.3) is 0 Å². The number of aromatic amines is 1.